The van der Waals surface area contributed by atoms with Crippen LogP contribution in [0.5, 0.6) is 0 Å². The number of halogens is 3. The van der Waals surface area contributed by atoms with Gasteiger partial charge in [-0.05, 0) is 48.4 Å². The van der Waals surface area contributed by atoms with Gasteiger partial charge in [0.1, 0.15) is 11.5 Å². The Bertz CT molecular complexity index is 1550. The van der Waals surface area contributed by atoms with Crippen molar-refractivity contribution in [3.63, 3.8) is 0 Å². The molecule has 1 amide bonds. The lowest BCUT2D eigenvalue weighted by Crippen LogP contribution is -2.41. The summed E-state index contributed by atoms with van der Waals surface area (Å²) in [5.41, 5.74) is 1.98. The van der Waals surface area contributed by atoms with Crippen molar-refractivity contribution < 1.29 is 13.9 Å². The van der Waals surface area contributed by atoms with Crippen LogP contribution in [-0.2, 0) is 4.74 Å². The highest BCUT2D eigenvalue weighted by Gasteiger charge is 2.31. The van der Waals surface area contributed by atoms with Crippen LogP contribution < -0.4 is 5.32 Å². The molecule has 1 aliphatic heterocycles. The van der Waals surface area contributed by atoms with Crippen LogP contribution >= 0.6 is 23.2 Å². The first-order valence-electron chi connectivity index (χ1n) is 14.2. The fourth-order valence-electron chi connectivity index (χ4n) is 5.78. The lowest BCUT2D eigenvalue weighted by atomic mass is 9.88. The van der Waals surface area contributed by atoms with Gasteiger partial charge in [-0.15, -0.1) is 10.2 Å². The molecule has 10 nitrogen and oxygen atoms in total. The van der Waals surface area contributed by atoms with E-state index < -0.39 is 5.82 Å². The van der Waals surface area contributed by atoms with E-state index in [0.717, 1.165) is 57.6 Å². The molecule has 0 spiro atoms. The average Bonchev–Trinajstić information content (AvgIpc) is 3.68. The molecule has 0 radical (unpaired) electrons. The number of aromatic amines is 1. The monoisotopic (exact) mass is 612 g/mol. The Labute approximate surface area is 252 Å². The molecule has 13 heteroatoms. The Morgan fingerprint density at radius 3 is 2.69 bits per heavy atom. The van der Waals surface area contributed by atoms with Gasteiger partial charge in [0.15, 0.2) is 5.82 Å². The predicted molar refractivity (Wildman–Crippen MR) is 158 cm³/mol. The summed E-state index contributed by atoms with van der Waals surface area (Å²) < 4.78 is 23.0. The molecule has 4 aromatic rings. The summed E-state index contributed by atoms with van der Waals surface area (Å²) >= 11 is 12.9. The summed E-state index contributed by atoms with van der Waals surface area (Å²) in [7, 11) is 0. The first kappa shape index (κ1) is 28.7. The second-order valence-electron chi connectivity index (χ2n) is 10.6. The number of hydrogen-bond donors (Lipinski definition) is 2. The van der Waals surface area contributed by atoms with Crippen LogP contribution in [0, 0.1) is 5.82 Å². The number of benzene rings is 2. The summed E-state index contributed by atoms with van der Waals surface area (Å²) in [4.78, 5) is 20.6. The molecule has 2 N–H and O–H groups in total. The number of nitrogens with zero attached hydrogens (tertiary/aromatic N) is 6. The van der Waals surface area contributed by atoms with Gasteiger partial charge in [0, 0.05) is 53.9 Å². The lowest BCUT2D eigenvalue weighted by molar-refractivity contribution is 0.0383. The maximum Gasteiger partial charge on any atom is 0.251 e. The van der Waals surface area contributed by atoms with Crippen LogP contribution in [0.25, 0.3) is 28.5 Å². The zero-order valence-electron chi connectivity index (χ0n) is 23.0. The summed E-state index contributed by atoms with van der Waals surface area (Å²) in [6.45, 7) is 4.28. The Hall–Kier alpha value is -3.38. The number of imidazole rings is 1. The molecular weight excluding hydrogens is 582 g/mol. The number of amides is 1. The quantitative estimate of drug-likeness (QED) is 0.278. The molecular formula is C29H31Cl2FN8O2. The molecule has 2 aliphatic rings. The molecule has 2 aromatic heterocycles. The molecule has 42 heavy (non-hydrogen) atoms. The fourth-order valence-corrected chi connectivity index (χ4v) is 6.18. The smallest absolute Gasteiger partial charge is 0.251 e. The van der Waals surface area contributed by atoms with E-state index in [1.54, 1.807) is 30.3 Å². The van der Waals surface area contributed by atoms with Crippen LogP contribution in [0.3, 0.4) is 0 Å². The Morgan fingerprint density at radius 1 is 1.12 bits per heavy atom. The molecule has 6 rings (SSSR count). The molecule has 0 unspecified atom stereocenters. The normalized spacial score (nSPS) is 16.5. The van der Waals surface area contributed by atoms with E-state index in [0.29, 0.717) is 47.4 Å². The average molecular weight is 614 g/mol. The maximum atomic E-state index is 15.7. The van der Waals surface area contributed by atoms with Crippen molar-refractivity contribution in [2.75, 3.05) is 39.4 Å². The van der Waals surface area contributed by atoms with Gasteiger partial charge in [0.25, 0.3) is 5.91 Å². The summed E-state index contributed by atoms with van der Waals surface area (Å²) in [5, 5.41) is 17.9. The zero-order valence-corrected chi connectivity index (χ0v) is 24.5. The lowest BCUT2D eigenvalue weighted by Gasteiger charge is -2.26. The van der Waals surface area contributed by atoms with Crippen molar-refractivity contribution in [3.8, 4) is 28.5 Å². The SMILES string of the molecule is O=C(NCCN1CCOCC1)c1cc(Cl)cc(-n2c(C3CCCCC3)nc(-c3nn[nH]n3)c2-c2cccc(Cl)c2F)c1. The van der Waals surface area contributed by atoms with Crippen LogP contribution in [0.1, 0.15) is 54.2 Å². The van der Waals surface area contributed by atoms with Crippen LogP contribution in [-0.4, -0.2) is 80.4 Å². The van der Waals surface area contributed by atoms with Gasteiger partial charge in [-0.1, -0.05) is 48.5 Å². The molecule has 220 valence electrons. The third-order valence-corrected chi connectivity index (χ3v) is 8.37. The first-order valence-corrected chi connectivity index (χ1v) is 15.0. The van der Waals surface area contributed by atoms with Crippen molar-refractivity contribution >= 4 is 29.1 Å². The molecule has 3 heterocycles. The van der Waals surface area contributed by atoms with Crippen molar-refractivity contribution in [2.24, 2.45) is 0 Å². The Kier molecular flexibility index (Phi) is 8.80. The number of ether oxygens (including phenoxy) is 1. The van der Waals surface area contributed by atoms with Gasteiger partial charge in [-0.3, -0.25) is 14.3 Å². The second kappa shape index (κ2) is 12.9. The van der Waals surface area contributed by atoms with Crippen LogP contribution in [0.4, 0.5) is 4.39 Å². The molecule has 2 aromatic carbocycles. The Balaban J connectivity index is 1.45. The number of carbonyl (C=O) groups is 1. The van der Waals surface area contributed by atoms with E-state index in [9.17, 15) is 4.79 Å². The minimum Gasteiger partial charge on any atom is -0.379 e. The first-order chi connectivity index (χ1) is 20.5. The third kappa shape index (κ3) is 6.05. The number of hydrogen-bond acceptors (Lipinski definition) is 7. The van der Waals surface area contributed by atoms with Gasteiger partial charge in [-0.2, -0.15) is 5.21 Å². The van der Waals surface area contributed by atoms with Gasteiger partial charge in [-0.25, -0.2) is 9.37 Å². The summed E-state index contributed by atoms with van der Waals surface area (Å²) in [6.07, 6.45) is 5.12. The highest BCUT2D eigenvalue weighted by molar-refractivity contribution is 6.31. The molecule has 2 fully saturated rings. The summed E-state index contributed by atoms with van der Waals surface area (Å²) in [6, 6.07) is 9.97. The number of nitrogens with one attached hydrogen (secondary N) is 2. The molecule has 1 saturated carbocycles. The van der Waals surface area contributed by atoms with E-state index in [-0.39, 0.29) is 28.2 Å². The molecule has 0 bridgehead atoms. The second-order valence-corrected chi connectivity index (χ2v) is 11.4. The summed E-state index contributed by atoms with van der Waals surface area (Å²) in [5.74, 6) is 0.210. The third-order valence-electron chi connectivity index (χ3n) is 7.86. The topological polar surface area (TPSA) is 114 Å². The maximum absolute atomic E-state index is 15.7. The number of tetrazole rings is 1. The minimum atomic E-state index is -0.594. The van der Waals surface area contributed by atoms with Crippen molar-refractivity contribution in [1.29, 1.82) is 0 Å². The number of carbonyl (C=O) groups excluding carboxylic acids is 1. The highest BCUT2D eigenvalue weighted by atomic mass is 35.5. The minimum absolute atomic E-state index is 0.0232. The standard InChI is InChI=1S/C29H31Cl2FN8O2/c30-20-15-19(29(41)33-9-10-39-11-13-42-14-12-39)16-21(17-20)40-26(22-7-4-8-23(31)24(22)32)25(27-35-37-38-36-27)34-28(40)18-5-2-1-3-6-18/h4,7-8,15-18H,1-3,5-6,9-14H2,(H,33,41)(H,35,36,37,38). The Morgan fingerprint density at radius 2 is 1.93 bits per heavy atom. The molecule has 0 atom stereocenters. The number of H-pyrrole nitrogens is 1. The van der Waals surface area contributed by atoms with Crippen molar-refractivity contribution in [2.45, 2.75) is 38.0 Å². The van der Waals surface area contributed by atoms with Gasteiger partial charge >= 0.3 is 0 Å². The number of morpholine rings is 1. The fraction of sp³-hybridized carbons (Fsp3) is 0.414. The van der Waals surface area contributed by atoms with Gasteiger partial charge in [0.2, 0.25) is 5.82 Å². The zero-order chi connectivity index (χ0) is 29.1. The van der Waals surface area contributed by atoms with E-state index in [2.05, 4.69) is 30.8 Å². The van der Waals surface area contributed by atoms with Gasteiger partial charge < -0.3 is 10.1 Å². The van der Waals surface area contributed by atoms with Crippen molar-refractivity contribution in [3.05, 3.63) is 63.6 Å². The van der Waals surface area contributed by atoms with Gasteiger partial charge in [0.05, 0.1) is 23.9 Å². The van der Waals surface area contributed by atoms with Crippen LogP contribution in [0.2, 0.25) is 10.0 Å². The molecule has 1 aliphatic carbocycles. The van der Waals surface area contributed by atoms with Crippen LogP contribution in [0.15, 0.2) is 36.4 Å². The van der Waals surface area contributed by atoms with E-state index >= 15 is 4.39 Å². The predicted octanol–water partition coefficient (Wildman–Crippen LogP) is 5.28. The number of aromatic nitrogens is 6. The highest BCUT2D eigenvalue weighted by Crippen LogP contribution is 2.42. The van der Waals surface area contributed by atoms with E-state index in [1.165, 1.54) is 6.07 Å². The van der Waals surface area contributed by atoms with E-state index in [1.807, 2.05) is 4.57 Å². The number of rotatable bonds is 8. The largest absolute Gasteiger partial charge is 0.379 e. The molecule has 1 saturated heterocycles. The van der Waals surface area contributed by atoms with Crippen molar-refractivity contribution in [1.82, 2.24) is 40.4 Å². The van der Waals surface area contributed by atoms with E-state index in [4.69, 9.17) is 32.9 Å².